The van der Waals surface area contributed by atoms with E-state index in [4.69, 9.17) is 5.11 Å². The fourth-order valence-electron chi connectivity index (χ4n) is 4.27. The lowest BCUT2D eigenvalue weighted by atomic mass is 10.0. The van der Waals surface area contributed by atoms with Crippen molar-refractivity contribution in [2.24, 2.45) is 0 Å². The average Bonchev–Trinajstić information content (AvgIpc) is 3.25. The molecule has 0 saturated carbocycles. The van der Waals surface area contributed by atoms with Crippen molar-refractivity contribution in [1.82, 2.24) is 20.0 Å². The number of aromatic nitrogens is 2. The minimum Gasteiger partial charge on any atom is -0.478 e. The van der Waals surface area contributed by atoms with Crippen molar-refractivity contribution < 1.29 is 14.7 Å². The summed E-state index contributed by atoms with van der Waals surface area (Å²) in [4.78, 5) is 26.5. The zero-order valence-electron chi connectivity index (χ0n) is 18.9. The molecule has 7 heteroatoms. The van der Waals surface area contributed by atoms with Crippen molar-refractivity contribution in [3.8, 4) is 5.69 Å². The summed E-state index contributed by atoms with van der Waals surface area (Å²) in [5.74, 6) is -1.12. The number of benzene rings is 2. The number of carbonyl (C=O) groups excluding carboxylic acids is 1. The average molecular weight is 447 g/mol. The molecule has 0 atom stereocenters. The molecule has 1 aliphatic rings. The Morgan fingerprint density at radius 3 is 2.39 bits per heavy atom. The van der Waals surface area contributed by atoms with Crippen molar-refractivity contribution >= 4 is 11.9 Å². The van der Waals surface area contributed by atoms with Crippen molar-refractivity contribution in [2.45, 2.75) is 45.2 Å². The molecule has 1 aromatic heterocycles. The molecular weight excluding hydrogens is 416 g/mol. The van der Waals surface area contributed by atoms with Crippen LogP contribution in [0.2, 0.25) is 0 Å². The molecule has 7 nitrogen and oxygen atoms in total. The second kappa shape index (κ2) is 10.4. The van der Waals surface area contributed by atoms with E-state index in [0.717, 1.165) is 56.7 Å². The van der Waals surface area contributed by atoms with Crippen molar-refractivity contribution in [2.75, 3.05) is 13.1 Å². The molecule has 4 rings (SSSR count). The van der Waals surface area contributed by atoms with Crippen LogP contribution in [0.15, 0.2) is 60.7 Å². The first-order chi connectivity index (χ1) is 16.0. The summed E-state index contributed by atoms with van der Waals surface area (Å²) in [6, 6.07) is 19.0. The van der Waals surface area contributed by atoms with Gasteiger partial charge < -0.3 is 10.4 Å². The minimum atomic E-state index is -0.967. The predicted octanol–water partition coefficient (Wildman–Crippen LogP) is 3.92. The van der Waals surface area contributed by atoms with Crippen LogP contribution >= 0.6 is 0 Å². The van der Waals surface area contributed by atoms with Gasteiger partial charge in [-0.15, -0.1) is 0 Å². The Morgan fingerprint density at radius 1 is 1.06 bits per heavy atom. The summed E-state index contributed by atoms with van der Waals surface area (Å²) in [6.45, 7) is 4.91. The Morgan fingerprint density at radius 2 is 1.76 bits per heavy atom. The number of hydrogen-bond donors (Lipinski definition) is 2. The third-order valence-electron chi connectivity index (χ3n) is 6.05. The molecule has 2 aromatic carbocycles. The number of likely N-dealkylation sites (tertiary alicyclic amines) is 1. The molecule has 1 fully saturated rings. The van der Waals surface area contributed by atoms with Crippen molar-refractivity contribution in [3.05, 3.63) is 83.2 Å². The summed E-state index contributed by atoms with van der Waals surface area (Å²) < 4.78 is 1.74. The van der Waals surface area contributed by atoms with Crippen LogP contribution in [-0.2, 0) is 13.0 Å². The molecule has 172 valence electrons. The second-order valence-corrected chi connectivity index (χ2v) is 8.54. The number of rotatable bonds is 8. The quantitative estimate of drug-likeness (QED) is 0.548. The fraction of sp³-hybridized carbons (Fsp3) is 0.346. The standard InChI is InChI=1S/C26H30N4O3/c1-2-6-23-17-24(28-30(23)22-11-9-20(10-12-22)26(32)33)25(31)27-21-13-15-29(16-14-21)18-19-7-4-3-5-8-19/h3-5,7-12,17,21H,2,6,13-16,18H2,1H3,(H,27,31)(H,32,33). The van der Waals surface area contributed by atoms with Gasteiger partial charge in [0, 0.05) is 31.4 Å². The molecule has 0 bridgehead atoms. The molecular formula is C26H30N4O3. The van der Waals surface area contributed by atoms with Crippen LogP contribution in [0.3, 0.4) is 0 Å². The number of carbonyl (C=O) groups is 2. The third kappa shape index (κ3) is 5.68. The van der Waals surface area contributed by atoms with Crippen LogP contribution in [0.1, 0.15) is 58.3 Å². The summed E-state index contributed by atoms with van der Waals surface area (Å²) in [5.41, 5.74) is 3.61. The maximum absolute atomic E-state index is 13.0. The van der Waals surface area contributed by atoms with E-state index in [2.05, 4.69) is 46.5 Å². The summed E-state index contributed by atoms with van der Waals surface area (Å²) >= 11 is 0. The molecule has 3 aromatic rings. The maximum atomic E-state index is 13.0. The topological polar surface area (TPSA) is 87.5 Å². The van der Waals surface area contributed by atoms with E-state index in [1.807, 2.05) is 12.1 Å². The number of piperidine rings is 1. The molecule has 33 heavy (non-hydrogen) atoms. The second-order valence-electron chi connectivity index (χ2n) is 8.54. The van der Waals surface area contributed by atoms with E-state index in [1.165, 1.54) is 5.56 Å². The number of amides is 1. The number of nitrogens with one attached hydrogen (secondary N) is 1. The van der Waals surface area contributed by atoms with E-state index < -0.39 is 5.97 Å². The number of carboxylic acids is 1. The smallest absolute Gasteiger partial charge is 0.335 e. The number of nitrogens with zero attached hydrogens (tertiary/aromatic N) is 3. The molecule has 1 aliphatic heterocycles. The largest absolute Gasteiger partial charge is 0.478 e. The Labute approximate surface area is 194 Å². The van der Waals surface area contributed by atoms with Crippen LogP contribution in [0.4, 0.5) is 0 Å². The highest BCUT2D eigenvalue weighted by molar-refractivity contribution is 5.92. The van der Waals surface area contributed by atoms with Gasteiger partial charge in [0.05, 0.1) is 11.3 Å². The normalized spacial score (nSPS) is 14.8. The van der Waals surface area contributed by atoms with E-state index >= 15 is 0 Å². The lowest BCUT2D eigenvalue weighted by molar-refractivity contribution is 0.0696. The van der Waals surface area contributed by atoms with Gasteiger partial charge in [0.1, 0.15) is 0 Å². The predicted molar refractivity (Wildman–Crippen MR) is 127 cm³/mol. The van der Waals surface area contributed by atoms with Crippen molar-refractivity contribution in [3.63, 3.8) is 0 Å². The third-order valence-corrected chi connectivity index (χ3v) is 6.05. The van der Waals surface area contributed by atoms with Crippen LogP contribution in [0.25, 0.3) is 5.69 Å². The molecule has 0 spiro atoms. The van der Waals surface area contributed by atoms with Gasteiger partial charge in [-0.2, -0.15) is 5.10 Å². The van der Waals surface area contributed by atoms with Gasteiger partial charge in [-0.1, -0.05) is 43.7 Å². The Bertz CT molecular complexity index is 1080. The lowest BCUT2D eigenvalue weighted by Crippen LogP contribution is -2.44. The zero-order valence-corrected chi connectivity index (χ0v) is 18.9. The maximum Gasteiger partial charge on any atom is 0.335 e. The zero-order chi connectivity index (χ0) is 23.2. The fourth-order valence-corrected chi connectivity index (χ4v) is 4.27. The molecule has 2 N–H and O–H groups in total. The number of aromatic carboxylic acids is 1. The van der Waals surface area contributed by atoms with Gasteiger partial charge >= 0.3 is 5.97 Å². The first-order valence-corrected chi connectivity index (χ1v) is 11.5. The summed E-state index contributed by atoms with van der Waals surface area (Å²) in [7, 11) is 0. The Kier molecular flexibility index (Phi) is 7.19. The summed E-state index contributed by atoms with van der Waals surface area (Å²) in [6.07, 6.45) is 3.52. The van der Waals surface area contributed by atoms with E-state index in [1.54, 1.807) is 28.9 Å². The molecule has 0 aliphatic carbocycles. The van der Waals surface area contributed by atoms with E-state index in [-0.39, 0.29) is 17.5 Å². The van der Waals surface area contributed by atoms with Crippen LogP contribution < -0.4 is 5.32 Å². The monoisotopic (exact) mass is 446 g/mol. The number of aryl methyl sites for hydroxylation is 1. The van der Waals surface area contributed by atoms with Crippen LogP contribution in [-0.4, -0.2) is 50.8 Å². The molecule has 0 radical (unpaired) electrons. The van der Waals surface area contributed by atoms with Gasteiger partial charge in [-0.3, -0.25) is 9.69 Å². The Hall–Kier alpha value is -3.45. The molecule has 1 amide bonds. The highest BCUT2D eigenvalue weighted by atomic mass is 16.4. The highest BCUT2D eigenvalue weighted by Gasteiger charge is 2.23. The van der Waals surface area contributed by atoms with E-state index in [9.17, 15) is 9.59 Å². The number of hydrogen-bond acceptors (Lipinski definition) is 4. The van der Waals surface area contributed by atoms with Gasteiger partial charge in [0.25, 0.3) is 5.91 Å². The SMILES string of the molecule is CCCc1cc(C(=O)NC2CCN(Cc3ccccc3)CC2)nn1-c1ccc(C(=O)O)cc1. The first kappa shape index (κ1) is 22.7. The molecule has 2 heterocycles. The Balaban J connectivity index is 1.39. The lowest BCUT2D eigenvalue weighted by Gasteiger charge is -2.32. The molecule has 0 unspecified atom stereocenters. The highest BCUT2D eigenvalue weighted by Crippen LogP contribution is 2.18. The minimum absolute atomic E-state index is 0.138. The van der Waals surface area contributed by atoms with Gasteiger partial charge in [-0.25, -0.2) is 9.48 Å². The van der Waals surface area contributed by atoms with Crippen LogP contribution in [0, 0.1) is 0 Å². The van der Waals surface area contributed by atoms with Crippen molar-refractivity contribution in [1.29, 1.82) is 0 Å². The van der Waals surface area contributed by atoms with Gasteiger partial charge in [0.15, 0.2) is 5.69 Å². The van der Waals surface area contributed by atoms with Gasteiger partial charge in [0.2, 0.25) is 0 Å². The first-order valence-electron chi connectivity index (χ1n) is 11.5. The summed E-state index contributed by atoms with van der Waals surface area (Å²) in [5, 5.41) is 16.8. The number of carboxylic acid groups (broad SMARTS) is 1. The van der Waals surface area contributed by atoms with Crippen LogP contribution in [0.5, 0.6) is 0 Å². The van der Waals surface area contributed by atoms with Gasteiger partial charge in [-0.05, 0) is 55.2 Å². The van der Waals surface area contributed by atoms with E-state index in [0.29, 0.717) is 5.69 Å². The molecule has 1 saturated heterocycles.